The summed E-state index contributed by atoms with van der Waals surface area (Å²) in [7, 11) is -1.23. The molecule has 2 atom stereocenters. The Morgan fingerprint density at radius 1 is 1.48 bits per heavy atom. The summed E-state index contributed by atoms with van der Waals surface area (Å²) in [6.45, 7) is 2.76. The molecule has 1 saturated heterocycles. The largest absolute Gasteiger partial charge is 0.353 e. The van der Waals surface area contributed by atoms with Crippen LogP contribution in [0.4, 0.5) is 5.69 Å². The highest BCUT2D eigenvalue weighted by atomic mass is 35.5. The van der Waals surface area contributed by atoms with E-state index in [0.717, 1.165) is 23.5 Å². The van der Waals surface area contributed by atoms with Gasteiger partial charge in [-0.3, -0.25) is 0 Å². The first-order chi connectivity index (χ1) is 9.84. The average Bonchev–Trinajstić information content (AvgIpc) is 2.45. The van der Waals surface area contributed by atoms with Gasteiger partial charge >= 0.3 is 0 Å². The van der Waals surface area contributed by atoms with E-state index in [1.807, 2.05) is 37.1 Å². The summed E-state index contributed by atoms with van der Waals surface area (Å²) in [5.74, 6) is 1.53. The molecule has 7 heteroatoms. The quantitative estimate of drug-likeness (QED) is 0.906. The molecule has 1 heterocycles. The molecule has 0 spiro atoms. The van der Waals surface area contributed by atoms with Gasteiger partial charge in [0.2, 0.25) is 0 Å². The van der Waals surface area contributed by atoms with E-state index >= 15 is 0 Å². The van der Waals surface area contributed by atoms with E-state index in [0.29, 0.717) is 10.8 Å². The van der Waals surface area contributed by atoms with Gasteiger partial charge in [-0.15, -0.1) is 0 Å². The van der Waals surface area contributed by atoms with Gasteiger partial charge in [0, 0.05) is 41.1 Å². The van der Waals surface area contributed by atoms with Crippen LogP contribution in [0.25, 0.3) is 0 Å². The molecule has 1 N–H and O–H groups in total. The smallest absolute Gasteiger partial charge is 0.169 e. The third kappa shape index (κ3) is 3.86. The van der Waals surface area contributed by atoms with Crippen molar-refractivity contribution in [2.45, 2.75) is 18.3 Å². The Labute approximate surface area is 136 Å². The van der Waals surface area contributed by atoms with E-state index in [1.165, 1.54) is 6.26 Å². The van der Waals surface area contributed by atoms with E-state index in [-0.39, 0.29) is 6.04 Å². The van der Waals surface area contributed by atoms with Gasteiger partial charge < -0.3 is 10.2 Å². The Hall–Kier alpha value is -0.430. The lowest BCUT2D eigenvalue weighted by Gasteiger charge is -2.36. The third-order valence-corrected chi connectivity index (χ3v) is 6.76. The molecule has 0 bridgehead atoms. The van der Waals surface area contributed by atoms with Crippen molar-refractivity contribution in [2.75, 3.05) is 36.3 Å². The standard InChI is InChI=1S/C14H21ClN2O2S2/c1-10(16-2)12-5-4-11(8-13(12)15)17-6-7-20-9-14(17)21(3,18)19/h4-5,8,10,14,16H,6-7,9H2,1-3H3. The van der Waals surface area contributed by atoms with E-state index in [4.69, 9.17) is 11.6 Å². The fourth-order valence-electron chi connectivity index (χ4n) is 2.43. The van der Waals surface area contributed by atoms with Crippen molar-refractivity contribution in [1.82, 2.24) is 5.32 Å². The molecule has 1 aromatic carbocycles. The van der Waals surface area contributed by atoms with Crippen molar-refractivity contribution in [3.05, 3.63) is 28.8 Å². The van der Waals surface area contributed by atoms with Crippen LogP contribution in [0.15, 0.2) is 18.2 Å². The summed E-state index contributed by atoms with van der Waals surface area (Å²) in [5, 5.41) is 3.35. The maximum absolute atomic E-state index is 12.0. The van der Waals surface area contributed by atoms with E-state index in [1.54, 1.807) is 11.8 Å². The molecule has 0 aromatic heterocycles. The molecule has 0 amide bonds. The second kappa shape index (κ2) is 6.77. The Kier molecular flexibility index (Phi) is 5.46. The molecule has 1 aromatic rings. The van der Waals surface area contributed by atoms with Crippen molar-refractivity contribution >= 4 is 38.9 Å². The Morgan fingerprint density at radius 2 is 2.19 bits per heavy atom. The number of sulfone groups is 1. The molecule has 2 rings (SSSR count). The highest BCUT2D eigenvalue weighted by Crippen LogP contribution is 2.32. The summed E-state index contributed by atoms with van der Waals surface area (Å²) >= 11 is 8.04. The Morgan fingerprint density at radius 3 is 2.76 bits per heavy atom. The highest BCUT2D eigenvalue weighted by molar-refractivity contribution is 8.01. The van der Waals surface area contributed by atoms with Gasteiger partial charge in [0.25, 0.3) is 0 Å². The second-order valence-electron chi connectivity index (χ2n) is 5.27. The first-order valence-corrected chi connectivity index (χ1v) is 10.3. The Bertz CT molecular complexity index is 607. The first kappa shape index (κ1) is 16.9. The van der Waals surface area contributed by atoms with Crippen LogP contribution in [0, 0.1) is 0 Å². The number of nitrogens with zero attached hydrogens (tertiary/aromatic N) is 1. The van der Waals surface area contributed by atoms with Crippen molar-refractivity contribution < 1.29 is 8.42 Å². The fraction of sp³-hybridized carbons (Fsp3) is 0.571. The van der Waals surface area contributed by atoms with Crippen LogP contribution in [0.5, 0.6) is 0 Å². The summed E-state index contributed by atoms with van der Waals surface area (Å²) in [5.41, 5.74) is 1.90. The van der Waals surface area contributed by atoms with Gasteiger partial charge in [-0.2, -0.15) is 11.8 Å². The number of anilines is 1. The third-order valence-electron chi connectivity index (χ3n) is 3.79. The molecule has 21 heavy (non-hydrogen) atoms. The lowest BCUT2D eigenvalue weighted by molar-refractivity contribution is 0.584. The Balaban J connectivity index is 2.34. The first-order valence-electron chi connectivity index (χ1n) is 6.84. The summed E-state index contributed by atoms with van der Waals surface area (Å²) in [4.78, 5) is 1.95. The maximum atomic E-state index is 12.0. The average molecular weight is 349 g/mol. The van der Waals surface area contributed by atoms with Gasteiger partial charge in [-0.1, -0.05) is 17.7 Å². The van der Waals surface area contributed by atoms with Gasteiger partial charge in [0.05, 0.1) is 0 Å². The summed E-state index contributed by atoms with van der Waals surface area (Å²) in [6, 6.07) is 5.97. The van der Waals surface area contributed by atoms with Crippen molar-refractivity contribution in [1.29, 1.82) is 0 Å². The highest BCUT2D eigenvalue weighted by Gasteiger charge is 2.31. The van der Waals surface area contributed by atoms with Crippen molar-refractivity contribution in [3.63, 3.8) is 0 Å². The molecule has 118 valence electrons. The number of nitrogens with one attached hydrogen (secondary N) is 1. The normalized spacial score (nSPS) is 21.3. The lowest BCUT2D eigenvalue weighted by Crippen LogP contribution is -2.47. The predicted octanol–water partition coefficient (Wildman–Crippen LogP) is 2.54. The minimum atomic E-state index is -3.12. The summed E-state index contributed by atoms with van der Waals surface area (Å²) in [6.07, 6.45) is 1.30. The molecule has 0 radical (unpaired) electrons. The van der Waals surface area contributed by atoms with Crippen LogP contribution in [0.3, 0.4) is 0 Å². The van der Waals surface area contributed by atoms with Gasteiger partial charge in [0.1, 0.15) is 5.37 Å². The van der Waals surface area contributed by atoms with Crippen LogP contribution < -0.4 is 10.2 Å². The number of thioether (sulfide) groups is 1. The minimum Gasteiger partial charge on any atom is -0.353 e. The number of halogens is 1. The molecule has 0 saturated carbocycles. The fourth-order valence-corrected chi connectivity index (χ4v) is 5.61. The second-order valence-corrected chi connectivity index (χ2v) is 9.03. The topological polar surface area (TPSA) is 49.4 Å². The zero-order chi connectivity index (χ0) is 15.6. The number of rotatable bonds is 4. The molecule has 1 aliphatic heterocycles. The molecular formula is C14H21ClN2O2S2. The maximum Gasteiger partial charge on any atom is 0.169 e. The molecule has 1 aliphatic rings. The summed E-state index contributed by atoms with van der Waals surface area (Å²) < 4.78 is 24.0. The van der Waals surface area contributed by atoms with E-state index < -0.39 is 15.2 Å². The zero-order valence-corrected chi connectivity index (χ0v) is 14.9. The van der Waals surface area contributed by atoms with Crippen LogP contribution in [-0.2, 0) is 9.84 Å². The van der Waals surface area contributed by atoms with E-state index in [2.05, 4.69) is 5.32 Å². The van der Waals surface area contributed by atoms with Crippen LogP contribution in [-0.4, -0.2) is 45.1 Å². The molecule has 2 unspecified atom stereocenters. The monoisotopic (exact) mass is 348 g/mol. The van der Waals surface area contributed by atoms with Gasteiger partial charge in [-0.25, -0.2) is 8.42 Å². The predicted molar refractivity (Wildman–Crippen MR) is 92.2 cm³/mol. The number of benzene rings is 1. The number of hydrogen-bond donors (Lipinski definition) is 1. The lowest BCUT2D eigenvalue weighted by atomic mass is 10.1. The SMILES string of the molecule is CNC(C)c1ccc(N2CCSCC2S(C)(=O)=O)cc1Cl. The van der Waals surface area contributed by atoms with Crippen LogP contribution in [0.1, 0.15) is 18.5 Å². The van der Waals surface area contributed by atoms with Crippen LogP contribution >= 0.6 is 23.4 Å². The van der Waals surface area contributed by atoms with Gasteiger partial charge in [0.15, 0.2) is 9.84 Å². The number of hydrogen-bond acceptors (Lipinski definition) is 5. The van der Waals surface area contributed by atoms with Crippen molar-refractivity contribution in [3.8, 4) is 0 Å². The molecule has 0 aliphatic carbocycles. The molecule has 1 fully saturated rings. The zero-order valence-electron chi connectivity index (χ0n) is 12.5. The van der Waals surface area contributed by atoms with Crippen LogP contribution in [0.2, 0.25) is 5.02 Å². The molecule has 4 nitrogen and oxygen atoms in total. The van der Waals surface area contributed by atoms with E-state index in [9.17, 15) is 8.42 Å². The van der Waals surface area contributed by atoms with Crippen molar-refractivity contribution in [2.24, 2.45) is 0 Å². The minimum absolute atomic E-state index is 0.161. The van der Waals surface area contributed by atoms with Gasteiger partial charge in [-0.05, 0) is 31.7 Å². The molecular weight excluding hydrogens is 328 g/mol.